The van der Waals surface area contributed by atoms with Crippen molar-refractivity contribution in [2.75, 3.05) is 36.3 Å². The molecule has 0 saturated carbocycles. The molecule has 0 radical (unpaired) electrons. The van der Waals surface area contributed by atoms with Gasteiger partial charge in [-0.3, -0.25) is 9.78 Å². The van der Waals surface area contributed by atoms with Crippen LogP contribution in [0.25, 0.3) is 5.69 Å². The number of aryl methyl sites for hydroxylation is 1. The van der Waals surface area contributed by atoms with Gasteiger partial charge in [0.25, 0.3) is 0 Å². The van der Waals surface area contributed by atoms with Crippen molar-refractivity contribution in [1.82, 2.24) is 14.9 Å². The SMILES string of the molecule is COc1cc(N2C(=S)N[C@@H](c3ccccn3)[C@H]2c2cc(C)n(-c3ccc(N(C)C)cc3)c2C)ccc1NC(=O)C(C)(C)C. The summed E-state index contributed by atoms with van der Waals surface area (Å²) >= 11 is 5.99. The molecule has 1 fully saturated rings. The van der Waals surface area contributed by atoms with Gasteiger partial charge in [0, 0.05) is 60.2 Å². The largest absolute Gasteiger partial charge is 0.494 e. The molecular weight excluding hydrogens is 556 g/mol. The zero-order chi connectivity index (χ0) is 31.1. The number of carbonyl (C=O) groups is 1. The van der Waals surface area contributed by atoms with Crippen molar-refractivity contribution in [2.24, 2.45) is 5.41 Å². The Balaban J connectivity index is 1.61. The Hall–Kier alpha value is -4.37. The first-order chi connectivity index (χ1) is 20.4. The lowest BCUT2D eigenvalue weighted by Crippen LogP contribution is -2.30. The van der Waals surface area contributed by atoms with E-state index < -0.39 is 5.41 Å². The molecule has 2 N–H and O–H groups in total. The van der Waals surface area contributed by atoms with Gasteiger partial charge in [0.05, 0.1) is 30.6 Å². The minimum Gasteiger partial charge on any atom is -0.494 e. The third kappa shape index (κ3) is 5.82. The highest BCUT2D eigenvalue weighted by Gasteiger charge is 2.42. The summed E-state index contributed by atoms with van der Waals surface area (Å²) in [5.41, 5.74) is 7.46. The van der Waals surface area contributed by atoms with Gasteiger partial charge in [0.15, 0.2) is 5.11 Å². The van der Waals surface area contributed by atoms with E-state index in [4.69, 9.17) is 21.9 Å². The average Bonchev–Trinajstić information content (AvgIpc) is 3.47. The molecule has 43 heavy (non-hydrogen) atoms. The van der Waals surface area contributed by atoms with E-state index in [-0.39, 0.29) is 18.0 Å². The molecular formula is C34H40N6O2S. The van der Waals surface area contributed by atoms with Gasteiger partial charge in [-0.2, -0.15) is 0 Å². The van der Waals surface area contributed by atoms with E-state index in [1.807, 2.05) is 77.5 Å². The molecule has 8 nitrogen and oxygen atoms in total. The zero-order valence-corrected chi connectivity index (χ0v) is 26.9. The number of hydrogen-bond donors (Lipinski definition) is 2. The average molecular weight is 597 g/mol. The number of methoxy groups -OCH3 is 1. The number of amides is 1. The maximum Gasteiger partial charge on any atom is 0.229 e. The third-order valence-corrected chi connectivity index (χ3v) is 8.22. The Bertz CT molecular complexity index is 1640. The third-order valence-electron chi connectivity index (χ3n) is 7.90. The topological polar surface area (TPSA) is 74.7 Å². The van der Waals surface area contributed by atoms with Gasteiger partial charge in [-0.25, -0.2) is 0 Å². The summed E-state index contributed by atoms with van der Waals surface area (Å²) in [7, 11) is 5.69. The van der Waals surface area contributed by atoms with Crippen molar-refractivity contribution < 1.29 is 9.53 Å². The van der Waals surface area contributed by atoms with Gasteiger partial charge < -0.3 is 29.7 Å². The lowest BCUT2D eigenvalue weighted by atomic mass is 9.95. The van der Waals surface area contributed by atoms with E-state index in [0.29, 0.717) is 16.5 Å². The normalized spacial score (nSPS) is 16.7. The van der Waals surface area contributed by atoms with Crippen molar-refractivity contribution in [3.05, 3.63) is 95.6 Å². The number of rotatable bonds is 7. The summed E-state index contributed by atoms with van der Waals surface area (Å²) in [5.74, 6) is 0.473. The molecule has 3 heterocycles. The standard InChI is InChI=1S/C34H40N6O2S/c1-21-19-26(22(2)39(21)24-14-12-23(13-15-24)38(6)7)31-30(28-11-9-10-18-35-28)37-33(43)40(31)25-16-17-27(29(20-25)42-8)36-32(41)34(3,4)5/h9-20,30-31H,1-8H3,(H,36,41)(H,37,43)/t30-,31+/m0/s1. The molecule has 224 valence electrons. The van der Waals surface area contributed by atoms with E-state index >= 15 is 0 Å². The summed E-state index contributed by atoms with van der Waals surface area (Å²) in [6.07, 6.45) is 1.81. The first kappa shape index (κ1) is 30.1. The first-order valence-corrected chi connectivity index (χ1v) is 14.8. The molecule has 2 aromatic carbocycles. The fourth-order valence-electron chi connectivity index (χ4n) is 5.58. The van der Waals surface area contributed by atoms with Crippen molar-refractivity contribution >= 4 is 40.3 Å². The summed E-state index contributed by atoms with van der Waals surface area (Å²) in [5, 5.41) is 7.16. The van der Waals surface area contributed by atoms with Crippen molar-refractivity contribution in [1.29, 1.82) is 0 Å². The molecule has 4 aromatic rings. The number of anilines is 3. The summed E-state index contributed by atoms with van der Waals surface area (Å²) in [6.45, 7) is 9.93. The smallest absolute Gasteiger partial charge is 0.229 e. The Kier molecular flexibility index (Phi) is 8.21. The molecule has 1 amide bonds. The first-order valence-electron chi connectivity index (χ1n) is 14.4. The number of thiocarbonyl (C=S) groups is 1. The van der Waals surface area contributed by atoms with Crippen LogP contribution in [0.5, 0.6) is 5.75 Å². The second-order valence-corrected chi connectivity index (χ2v) is 12.5. The summed E-state index contributed by atoms with van der Waals surface area (Å²) in [4.78, 5) is 21.7. The van der Waals surface area contributed by atoms with Gasteiger partial charge >= 0.3 is 0 Å². The fraction of sp³-hybridized carbons (Fsp3) is 0.324. The predicted molar refractivity (Wildman–Crippen MR) is 179 cm³/mol. The Morgan fingerprint density at radius 3 is 2.33 bits per heavy atom. The molecule has 0 bridgehead atoms. The predicted octanol–water partition coefficient (Wildman–Crippen LogP) is 6.73. The molecule has 1 aliphatic heterocycles. The molecule has 5 rings (SSSR count). The van der Waals surface area contributed by atoms with E-state index in [9.17, 15) is 4.79 Å². The number of hydrogen-bond acceptors (Lipinski definition) is 5. The summed E-state index contributed by atoms with van der Waals surface area (Å²) in [6, 6.07) is 22.2. The number of aromatic nitrogens is 2. The summed E-state index contributed by atoms with van der Waals surface area (Å²) < 4.78 is 8.04. The van der Waals surface area contributed by atoms with Crippen LogP contribution in [0.4, 0.5) is 17.1 Å². The van der Waals surface area contributed by atoms with Crippen LogP contribution in [-0.2, 0) is 4.79 Å². The van der Waals surface area contributed by atoms with E-state index in [0.717, 1.165) is 39.7 Å². The second-order valence-electron chi connectivity index (χ2n) is 12.2. The quantitative estimate of drug-likeness (QED) is 0.229. The molecule has 1 aliphatic rings. The van der Waals surface area contributed by atoms with Crippen molar-refractivity contribution in [2.45, 2.75) is 46.7 Å². The highest BCUT2D eigenvalue weighted by molar-refractivity contribution is 7.80. The van der Waals surface area contributed by atoms with Gasteiger partial charge in [0.1, 0.15) is 5.75 Å². The Labute approximate surface area is 259 Å². The molecule has 2 atom stereocenters. The van der Waals surface area contributed by atoms with E-state index in [1.165, 1.54) is 0 Å². The lowest BCUT2D eigenvalue weighted by Gasteiger charge is -2.29. The van der Waals surface area contributed by atoms with Crippen molar-refractivity contribution in [3.8, 4) is 11.4 Å². The van der Waals surface area contributed by atoms with Crippen LogP contribution in [0.15, 0.2) is 72.9 Å². The van der Waals surface area contributed by atoms with E-state index in [1.54, 1.807) is 7.11 Å². The maximum atomic E-state index is 12.8. The van der Waals surface area contributed by atoms with E-state index in [2.05, 4.69) is 69.2 Å². The van der Waals surface area contributed by atoms with Crippen LogP contribution in [0, 0.1) is 19.3 Å². The van der Waals surface area contributed by atoms with Crippen LogP contribution >= 0.6 is 12.2 Å². The minimum absolute atomic E-state index is 0.0870. The van der Waals surface area contributed by atoms with Gasteiger partial charge in [-0.1, -0.05) is 26.8 Å². The molecule has 1 saturated heterocycles. The highest BCUT2D eigenvalue weighted by Crippen LogP contribution is 2.45. The number of carbonyl (C=O) groups excluding carboxylic acids is 1. The molecule has 2 aromatic heterocycles. The highest BCUT2D eigenvalue weighted by atomic mass is 32.1. The maximum absolute atomic E-state index is 12.8. The fourth-order valence-corrected chi connectivity index (χ4v) is 5.92. The number of nitrogens with one attached hydrogen (secondary N) is 2. The number of benzene rings is 2. The van der Waals surface area contributed by atoms with Gasteiger partial charge in [-0.15, -0.1) is 0 Å². The Morgan fingerprint density at radius 1 is 1.02 bits per heavy atom. The number of ether oxygens (including phenoxy) is 1. The monoisotopic (exact) mass is 596 g/mol. The van der Waals surface area contributed by atoms with Crippen LogP contribution in [0.2, 0.25) is 0 Å². The van der Waals surface area contributed by atoms with Gasteiger partial charge in [0.2, 0.25) is 5.91 Å². The minimum atomic E-state index is -0.541. The van der Waals surface area contributed by atoms with Crippen LogP contribution in [-0.4, -0.2) is 41.8 Å². The van der Waals surface area contributed by atoms with Crippen LogP contribution < -0.4 is 25.2 Å². The van der Waals surface area contributed by atoms with Crippen LogP contribution in [0.1, 0.15) is 55.5 Å². The number of nitrogens with zero attached hydrogens (tertiary/aromatic N) is 4. The number of pyridine rings is 1. The molecule has 0 aliphatic carbocycles. The molecule has 9 heteroatoms. The molecule has 0 unspecified atom stereocenters. The second kappa shape index (κ2) is 11.7. The van der Waals surface area contributed by atoms with Crippen LogP contribution in [0.3, 0.4) is 0 Å². The van der Waals surface area contributed by atoms with Gasteiger partial charge in [-0.05, 0) is 86.2 Å². The molecule has 0 spiro atoms. The lowest BCUT2D eigenvalue weighted by molar-refractivity contribution is -0.123. The zero-order valence-electron chi connectivity index (χ0n) is 26.1. The Morgan fingerprint density at radius 2 is 1.72 bits per heavy atom. The van der Waals surface area contributed by atoms with Crippen molar-refractivity contribution in [3.63, 3.8) is 0 Å².